The number of benzene rings is 2. The lowest BCUT2D eigenvalue weighted by molar-refractivity contribution is -0.139. The smallest absolute Gasteiger partial charge is 0.312 e. The van der Waals surface area contributed by atoms with Crippen molar-refractivity contribution >= 4 is 29.4 Å². The summed E-state index contributed by atoms with van der Waals surface area (Å²) in [5.74, 6) is -3.68. The Balaban J connectivity index is 1.83. The van der Waals surface area contributed by atoms with Crippen LogP contribution in [0.15, 0.2) is 60.9 Å². The SMILES string of the molecule is O=C(O)CC(=O)Nc1ncc(C(=O)N(Cc2ccc(F)cc2)c2ccc(F)cc2)cn1. The van der Waals surface area contributed by atoms with E-state index in [0.717, 1.165) is 0 Å². The summed E-state index contributed by atoms with van der Waals surface area (Å²) in [7, 11) is 0. The third kappa shape index (κ3) is 5.89. The molecule has 0 fully saturated rings. The van der Waals surface area contributed by atoms with Gasteiger partial charge in [-0.2, -0.15) is 0 Å². The largest absolute Gasteiger partial charge is 0.481 e. The normalized spacial score (nSPS) is 10.4. The molecule has 0 aliphatic heterocycles. The zero-order chi connectivity index (χ0) is 22.4. The maximum absolute atomic E-state index is 13.3. The van der Waals surface area contributed by atoms with Gasteiger partial charge in [0.25, 0.3) is 5.91 Å². The number of carboxylic acids is 1. The van der Waals surface area contributed by atoms with Gasteiger partial charge in [0.1, 0.15) is 18.1 Å². The van der Waals surface area contributed by atoms with Crippen LogP contribution in [0.25, 0.3) is 0 Å². The minimum Gasteiger partial charge on any atom is -0.481 e. The first-order chi connectivity index (χ1) is 14.8. The Morgan fingerprint density at radius 2 is 1.45 bits per heavy atom. The molecule has 0 saturated carbocycles. The molecule has 8 nitrogen and oxygen atoms in total. The van der Waals surface area contributed by atoms with Crippen LogP contribution in [-0.2, 0) is 16.1 Å². The van der Waals surface area contributed by atoms with Crippen LogP contribution >= 0.6 is 0 Å². The van der Waals surface area contributed by atoms with Gasteiger partial charge in [-0.15, -0.1) is 0 Å². The number of aliphatic carboxylic acids is 1. The number of rotatable bonds is 7. The van der Waals surface area contributed by atoms with Gasteiger partial charge < -0.3 is 10.0 Å². The molecule has 2 amide bonds. The second-order valence-electron chi connectivity index (χ2n) is 6.41. The first kappa shape index (κ1) is 21.5. The number of amides is 2. The van der Waals surface area contributed by atoms with Crippen molar-refractivity contribution in [2.24, 2.45) is 0 Å². The Hall–Kier alpha value is -4.21. The highest BCUT2D eigenvalue weighted by Crippen LogP contribution is 2.21. The Kier molecular flexibility index (Phi) is 6.61. The number of hydrogen-bond acceptors (Lipinski definition) is 5. The molecule has 31 heavy (non-hydrogen) atoms. The van der Waals surface area contributed by atoms with Crippen molar-refractivity contribution in [1.82, 2.24) is 9.97 Å². The molecule has 0 radical (unpaired) electrons. The maximum Gasteiger partial charge on any atom is 0.312 e. The van der Waals surface area contributed by atoms with E-state index in [-0.39, 0.29) is 18.1 Å². The number of nitrogens with one attached hydrogen (secondary N) is 1. The van der Waals surface area contributed by atoms with Crippen molar-refractivity contribution in [2.45, 2.75) is 13.0 Å². The van der Waals surface area contributed by atoms with Crippen molar-refractivity contribution in [2.75, 3.05) is 10.2 Å². The van der Waals surface area contributed by atoms with Crippen molar-refractivity contribution < 1.29 is 28.3 Å². The maximum atomic E-state index is 13.3. The lowest BCUT2D eigenvalue weighted by Crippen LogP contribution is -2.30. The van der Waals surface area contributed by atoms with Gasteiger partial charge in [-0.3, -0.25) is 19.7 Å². The predicted octanol–water partition coefficient (Wildman–Crippen LogP) is 3.02. The van der Waals surface area contributed by atoms with Gasteiger partial charge in [0, 0.05) is 18.1 Å². The fraction of sp³-hybridized carbons (Fsp3) is 0.0952. The molecule has 3 aromatic rings. The molecule has 0 bridgehead atoms. The minimum absolute atomic E-state index is 0.0713. The van der Waals surface area contributed by atoms with E-state index in [1.165, 1.54) is 65.8 Å². The molecular formula is C21H16F2N4O4. The molecule has 1 aromatic heterocycles. The summed E-state index contributed by atoms with van der Waals surface area (Å²) in [5, 5.41) is 10.8. The molecule has 0 saturated heterocycles. The Morgan fingerprint density at radius 1 is 0.903 bits per heavy atom. The Bertz CT molecular complexity index is 1090. The lowest BCUT2D eigenvalue weighted by atomic mass is 10.1. The zero-order valence-corrected chi connectivity index (χ0v) is 16.0. The first-order valence-corrected chi connectivity index (χ1v) is 8.97. The number of carbonyl (C=O) groups is 3. The molecule has 3 rings (SSSR count). The number of nitrogens with zero attached hydrogens (tertiary/aromatic N) is 3. The fourth-order valence-corrected chi connectivity index (χ4v) is 2.64. The average Bonchev–Trinajstić information content (AvgIpc) is 2.73. The van der Waals surface area contributed by atoms with Crippen LogP contribution in [0.2, 0.25) is 0 Å². The number of anilines is 2. The van der Waals surface area contributed by atoms with Crippen LogP contribution in [0.4, 0.5) is 20.4 Å². The zero-order valence-electron chi connectivity index (χ0n) is 16.0. The summed E-state index contributed by atoms with van der Waals surface area (Å²) < 4.78 is 26.5. The van der Waals surface area contributed by atoms with Gasteiger partial charge in [-0.05, 0) is 42.0 Å². The van der Waals surface area contributed by atoms with Crippen LogP contribution in [0.1, 0.15) is 22.3 Å². The summed E-state index contributed by atoms with van der Waals surface area (Å²) in [6, 6.07) is 10.8. The molecule has 2 N–H and O–H groups in total. The van der Waals surface area contributed by atoms with E-state index in [1.807, 2.05) is 0 Å². The van der Waals surface area contributed by atoms with E-state index in [4.69, 9.17) is 5.11 Å². The molecular weight excluding hydrogens is 410 g/mol. The number of carboxylic acid groups (broad SMARTS) is 1. The quantitative estimate of drug-likeness (QED) is 0.562. The van der Waals surface area contributed by atoms with Crippen molar-refractivity contribution in [1.29, 1.82) is 0 Å². The average molecular weight is 426 g/mol. The molecule has 0 aliphatic rings. The van der Waals surface area contributed by atoms with E-state index < -0.39 is 35.8 Å². The third-order valence-corrected chi connectivity index (χ3v) is 4.10. The fourth-order valence-electron chi connectivity index (χ4n) is 2.64. The second-order valence-corrected chi connectivity index (χ2v) is 6.41. The standard InChI is InChI=1S/C21H16F2N4O4/c22-15-3-1-13(2-4-15)12-27(17-7-5-16(23)6-8-17)20(31)14-10-24-21(25-11-14)26-18(28)9-19(29)30/h1-8,10-11H,9,12H2,(H,29,30)(H,24,25,26,28). The van der Waals surface area contributed by atoms with Crippen LogP contribution in [0.3, 0.4) is 0 Å². The summed E-state index contributed by atoms with van der Waals surface area (Å²) in [6.07, 6.45) is 1.60. The minimum atomic E-state index is -1.31. The molecule has 158 valence electrons. The number of hydrogen-bond donors (Lipinski definition) is 2. The topological polar surface area (TPSA) is 112 Å². The number of carbonyl (C=O) groups excluding carboxylic acids is 2. The molecule has 1 heterocycles. The Labute approximate surface area is 175 Å². The number of aromatic nitrogens is 2. The highest BCUT2D eigenvalue weighted by Gasteiger charge is 2.20. The van der Waals surface area contributed by atoms with E-state index in [2.05, 4.69) is 15.3 Å². The highest BCUT2D eigenvalue weighted by molar-refractivity contribution is 6.06. The summed E-state index contributed by atoms with van der Waals surface area (Å²) >= 11 is 0. The molecule has 2 aromatic carbocycles. The van der Waals surface area contributed by atoms with Crippen molar-refractivity contribution in [3.05, 3.63) is 83.7 Å². The molecule has 0 aliphatic carbocycles. The van der Waals surface area contributed by atoms with Gasteiger partial charge in [0.2, 0.25) is 11.9 Å². The molecule has 0 unspecified atom stereocenters. The highest BCUT2D eigenvalue weighted by atomic mass is 19.1. The summed E-state index contributed by atoms with van der Waals surface area (Å²) in [6.45, 7) is 0.0713. The summed E-state index contributed by atoms with van der Waals surface area (Å²) in [5.41, 5.74) is 1.11. The third-order valence-electron chi connectivity index (χ3n) is 4.10. The molecule has 10 heteroatoms. The van der Waals surface area contributed by atoms with E-state index >= 15 is 0 Å². The van der Waals surface area contributed by atoms with Crippen molar-refractivity contribution in [3.8, 4) is 0 Å². The summed E-state index contributed by atoms with van der Waals surface area (Å²) in [4.78, 5) is 44.2. The van der Waals surface area contributed by atoms with E-state index in [0.29, 0.717) is 11.3 Å². The van der Waals surface area contributed by atoms with Crippen LogP contribution in [0.5, 0.6) is 0 Å². The number of halogens is 2. The van der Waals surface area contributed by atoms with Gasteiger partial charge in [-0.1, -0.05) is 12.1 Å². The van der Waals surface area contributed by atoms with E-state index in [1.54, 1.807) is 0 Å². The van der Waals surface area contributed by atoms with Gasteiger partial charge in [0.15, 0.2) is 0 Å². The molecule has 0 spiro atoms. The van der Waals surface area contributed by atoms with E-state index in [9.17, 15) is 23.2 Å². The monoisotopic (exact) mass is 426 g/mol. The van der Waals surface area contributed by atoms with Gasteiger partial charge in [0.05, 0.1) is 12.1 Å². The van der Waals surface area contributed by atoms with Gasteiger partial charge >= 0.3 is 5.97 Å². The lowest BCUT2D eigenvalue weighted by Gasteiger charge is -2.23. The second kappa shape index (κ2) is 9.53. The Morgan fingerprint density at radius 3 is 2.00 bits per heavy atom. The molecule has 0 atom stereocenters. The van der Waals surface area contributed by atoms with Gasteiger partial charge in [-0.25, -0.2) is 18.7 Å². The van der Waals surface area contributed by atoms with Crippen molar-refractivity contribution in [3.63, 3.8) is 0 Å². The van der Waals surface area contributed by atoms with Crippen LogP contribution in [0, 0.1) is 11.6 Å². The first-order valence-electron chi connectivity index (χ1n) is 8.97. The van der Waals surface area contributed by atoms with Crippen LogP contribution < -0.4 is 10.2 Å². The predicted molar refractivity (Wildman–Crippen MR) is 106 cm³/mol. The van der Waals surface area contributed by atoms with Crippen LogP contribution in [-0.4, -0.2) is 32.9 Å².